The van der Waals surface area contributed by atoms with Gasteiger partial charge in [0.1, 0.15) is 0 Å². The first-order valence-electron chi connectivity index (χ1n) is 0.408. The summed E-state index contributed by atoms with van der Waals surface area (Å²) in [7, 11) is -1.42. The van der Waals surface area contributed by atoms with Crippen LogP contribution in [0.5, 0.6) is 0 Å². The molecule has 4 heavy (non-hydrogen) atoms. The van der Waals surface area contributed by atoms with E-state index in [2.05, 4.69) is 0 Å². The SMILES string of the molecule is O=[Si]=O.[Cd]. The van der Waals surface area contributed by atoms with Crippen LogP contribution in [0.1, 0.15) is 0 Å². The van der Waals surface area contributed by atoms with E-state index in [1.165, 1.54) is 0 Å². The van der Waals surface area contributed by atoms with Gasteiger partial charge < -0.3 is 0 Å². The third-order valence-corrected chi connectivity index (χ3v) is 0. The molecule has 0 aromatic carbocycles. The molecule has 0 heterocycles. The van der Waals surface area contributed by atoms with Crippen LogP contribution < -0.4 is 0 Å². The second kappa shape index (κ2) is 9.28. The zero-order valence-electron chi connectivity index (χ0n) is 2.02. The van der Waals surface area contributed by atoms with E-state index >= 15 is 0 Å². The van der Waals surface area contributed by atoms with Gasteiger partial charge in [0.25, 0.3) is 0 Å². The van der Waals surface area contributed by atoms with Gasteiger partial charge in [0.15, 0.2) is 0 Å². The maximum atomic E-state index is 8.40. The van der Waals surface area contributed by atoms with Crippen LogP contribution in [0.3, 0.4) is 0 Å². The molecule has 0 amide bonds. The summed E-state index contributed by atoms with van der Waals surface area (Å²) >= 11 is 0. The van der Waals surface area contributed by atoms with Crippen LogP contribution in [0, 0.1) is 0 Å². The predicted octanol–water partition coefficient (Wildman–Crippen LogP) is -0.621. The second-order valence-corrected chi connectivity index (χ2v) is 0.250. The zero-order chi connectivity index (χ0) is 2.71. The van der Waals surface area contributed by atoms with Crippen LogP contribution in [0.15, 0.2) is 0 Å². The Hall–Kier alpha value is 0.739. The Morgan fingerprint density at radius 1 is 1.25 bits per heavy atom. The Labute approximate surface area is 45.7 Å². The van der Waals surface area contributed by atoms with Crippen LogP contribution in [-0.2, 0) is 36.2 Å². The van der Waals surface area contributed by atoms with Crippen molar-refractivity contribution in [2.24, 2.45) is 0 Å². The molecule has 4 heteroatoms. The Bertz CT molecular complexity index is 27.0. The fourth-order valence-electron chi connectivity index (χ4n) is 0. The Kier molecular flexibility index (Phi) is 20.5. The molecule has 0 aliphatic heterocycles. The van der Waals surface area contributed by atoms with Crippen LogP contribution in [-0.4, -0.2) is 9.29 Å². The van der Waals surface area contributed by atoms with E-state index in [0.29, 0.717) is 0 Å². The van der Waals surface area contributed by atoms with E-state index in [9.17, 15) is 0 Å². The molecule has 0 radical (unpaired) electrons. The summed E-state index contributed by atoms with van der Waals surface area (Å²) in [5, 5.41) is 0. The molecule has 0 bridgehead atoms. The van der Waals surface area contributed by atoms with Crippen LogP contribution in [0.2, 0.25) is 0 Å². The molecule has 0 atom stereocenters. The summed E-state index contributed by atoms with van der Waals surface area (Å²) in [6.07, 6.45) is 0. The van der Waals surface area contributed by atoms with Crippen molar-refractivity contribution in [1.29, 1.82) is 0 Å². The van der Waals surface area contributed by atoms with Crippen LogP contribution >= 0.6 is 0 Å². The fourth-order valence-corrected chi connectivity index (χ4v) is 0. The Morgan fingerprint density at radius 3 is 1.25 bits per heavy atom. The van der Waals surface area contributed by atoms with Gasteiger partial charge in [-0.25, -0.2) is 0 Å². The first-order chi connectivity index (χ1) is 1.41. The minimum absolute atomic E-state index is 0. The van der Waals surface area contributed by atoms with Crippen molar-refractivity contribution < 1.29 is 36.2 Å². The molecule has 0 unspecified atom stereocenters. The summed E-state index contributed by atoms with van der Waals surface area (Å²) in [5.74, 6) is 0. The molecule has 2 nitrogen and oxygen atoms in total. The normalized spacial score (nSPS) is 2.00. The van der Waals surface area contributed by atoms with E-state index in [-0.39, 0.29) is 27.3 Å². The first-order valence-corrected chi connectivity index (χ1v) is 1.22. The van der Waals surface area contributed by atoms with Crippen LogP contribution in [0.4, 0.5) is 0 Å². The largest absolute Gasteiger partial charge is 0.549 e. The second-order valence-electron chi connectivity index (χ2n) is 0.0833. The number of hydrogen-bond donors (Lipinski definition) is 0. The molecule has 0 spiro atoms. The average molecular weight is 172 g/mol. The molecular formula is CdO2Si. The van der Waals surface area contributed by atoms with E-state index in [4.69, 9.17) is 8.92 Å². The fraction of sp³-hybridized carbons (Fsp3) is 0. The quantitative estimate of drug-likeness (QED) is 0.457. The molecule has 0 rings (SSSR count). The van der Waals surface area contributed by atoms with Crippen molar-refractivity contribution in [1.82, 2.24) is 0 Å². The molecule has 0 fully saturated rings. The minimum Gasteiger partial charge on any atom is -0.274 e. The zero-order valence-corrected chi connectivity index (χ0v) is 7.06. The Balaban J connectivity index is 0. The van der Waals surface area contributed by atoms with E-state index in [0.717, 1.165) is 0 Å². The van der Waals surface area contributed by atoms with Crippen molar-refractivity contribution in [3.05, 3.63) is 0 Å². The van der Waals surface area contributed by atoms with Gasteiger partial charge in [0.05, 0.1) is 0 Å². The maximum absolute atomic E-state index is 8.40. The molecule has 0 aromatic rings. The molecule has 0 saturated heterocycles. The molecule has 18 valence electrons. The minimum atomic E-state index is -1.42. The third-order valence-electron chi connectivity index (χ3n) is 0. The smallest absolute Gasteiger partial charge is 0.274 e. The van der Waals surface area contributed by atoms with Gasteiger partial charge in [-0.1, -0.05) is 0 Å². The van der Waals surface area contributed by atoms with Crippen molar-refractivity contribution >= 4 is 9.29 Å². The van der Waals surface area contributed by atoms with E-state index in [1.807, 2.05) is 0 Å². The summed E-state index contributed by atoms with van der Waals surface area (Å²) in [4.78, 5) is 0. The summed E-state index contributed by atoms with van der Waals surface area (Å²) in [6, 6.07) is 0. The Morgan fingerprint density at radius 2 is 1.25 bits per heavy atom. The van der Waals surface area contributed by atoms with Gasteiger partial charge in [0, 0.05) is 27.3 Å². The van der Waals surface area contributed by atoms with Gasteiger partial charge in [-0.05, 0) is 0 Å². The predicted molar refractivity (Wildman–Crippen MR) is 7.13 cm³/mol. The van der Waals surface area contributed by atoms with E-state index in [1.54, 1.807) is 0 Å². The van der Waals surface area contributed by atoms with Gasteiger partial charge in [-0.2, -0.15) is 0 Å². The van der Waals surface area contributed by atoms with Gasteiger partial charge in [-0.15, -0.1) is 0 Å². The standard InChI is InChI=1S/Cd.O2Si/c;1-3-2. The van der Waals surface area contributed by atoms with Gasteiger partial charge in [-0.3, -0.25) is 8.92 Å². The monoisotopic (exact) mass is 174 g/mol. The molecular weight excluding hydrogens is 172 g/mol. The molecule has 0 aromatic heterocycles. The van der Waals surface area contributed by atoms with Crippen molar-refractivity contribution in [2.45, 2.75) is 0 Å². The summed E-state index contributed by atoms with van der Waals surface area (Å²) in [5.41, 5.74) is 0. The van der Waals surface area contributed by atoms with E-state index < -0.39 is 9.29 Å². The molecule has 0 saturated carbocycles. The van der Waals surface area contributed by atoms with Gasteiger partial charge in [0.2, 0.25) is 0 Å². The van der Waals surface area contributed by atoms with Crippen molar-refractivity contribution in [3.8, 4) is 0 Å². The van der Waals surface area contributed by atoms with Crippen molar-refractivity contribution in [3.63, 3.8) is 0 Å². The summed E-state index contributed by atoms with van der Waals surface area (Å²) in [6.45, 7) is 0. The van der Waals surface area contributed by atoms with Gasteiger partial charge >= 0.3 is 9.29 Å². The topological polar surface area (TPSA) is 34.1 Å². The molecule has 0 aliphatic rings. The number of rotatable bonds is 0. The third kappa shape index (κ3) is 15.2. The van der Waals surface area contributed by atoms with Crippen molar-refractivity contribution in [2.75, 3.05) is 0 Å². The molecule has 0 aliphatic carbocycles. The molecule has 0 N–H and O–H groups in total. The first kappa shape index (κ1) is 8.83. The average Bonchev–Trinajstić information content (AvgIpc) is 0.918. The maximum Gasteiger partial charge on any atom is 0.549 e. The number of hydrogen-bond acceptors (Lipinski definition) is 2. The van der Waals surface area contributed by atoms with Crippen LogP contribution in [0.25, 0.3) is 0 Å². The summed E-state index contributed by atoms with van der Waals surface area (Å²) < 4.78 is 16.8.